The van der Waals surface area contributed by atoms with Crippen molar-refractivity contribution >= 4 is 51.7 Å². The van der Waals surface area contributed by atoms with E-state index in [0.29, 0.717) is 28.9 Å². The summed E-state index contributed by atoms with van der Waals surface area (Å²) in [5, 5.41) is 7.52. The lowest BCUT2D eigenvalue weighted by Gasteiger charge is -2.12. The molecule has 0 radical (unpaired) electrons. The van der Waals surface area contributed by atoms with Crippen LogP contribution in [0.3, 0.4) is 0 Å². The van der Waals surface area contributed by atoms with Crippen molar-refractivity contribution in [2.75, 3.05) is 17.7 Å². The maximum Gasteiger partial charge on any atom is 0.311 e. The van der Waals surface area contributed by atoms with Crippen molar-refractivity contribution in [3.05, 3.63) is 69.9 Å². The first kappa shape index (κ1) is 23.9. The van der Waals surface area contributed by atoms with Crippen molar-refractivity contribution in [1.29, 1.82) is 0 Å². The minimum absolute atomic E-state index is 0.0997. The first-order valence-corrected chi connectivity index (χ1v) is 11.7. The maximum absolute atomic E-state index is 12.4. The second-order valence-corrected chi connectivity index (χ2v) is 8.80. The topological polar surface area (TPSA) is 79.8 Å². The Morgan fingerprint density at radius 3 is 2.59 bits per heavy atom. The Kier molecular flexibility index (Phi) is 8.36. The van der Waals surface area contributed by atoms with Crippen molar-refractivity contribution < 1.29 is 14.3 Å². The Balaban J connectivity index is 1.71. The van der Waals surface area contributed by atoms with Gasteiger partial charge in [-0.3, -0.25) is 9.59 Å². The largest absolute Gasteiger partial charge is 0.466 e. The third-order valence-electron chi connectivity index (χ3n) is 4.83. The number of halogens is 1. The molecule has 168 valence electrons. The molecule has 0 atom stereocenters. The minimum atomic E-state index is -0.316. The number of anilines is 1. The summed E-state index contributed by atoms with van der Waals surface area (Å²) in [5.41, 5.74) is 5.49. The molecular formula is C24H26ClN3O3S. The van der Waals surface area contributed by atoms with Gasteiger partial charge in [0, 0.05) is 17.3 Å². The van der Waals surface area contributed by atoms with Gasteiger partial charge in [-0.1, -0.05) is 35.5 Å². The molecule has 2 N–H and O–H groups in total. The Morgan fingerprint density at radius 2 is 1.88 bits per heavy atom. The van der Waals surface area contributed by atoms with Gasteiger partial charge in [0.25, 0.3) is 0 Å². The molecule has 0 saturated carbocycles. The lowest BCUT2D eigenvalue weighted by Crippen LogP contribution is -2.25. The molecule has 0 fully saturated rings. The average molecular weight is 472 g/mol. The van der Waals surface area contributed by atoms with E-state index in [1.165, 1.54) is 11.8 Å². The van der Waals surface area contributed by atoms with Crippen LogP contribution in [0.25, 0.3) is 0 Å². The number of hydrogen-bond donors (Lipinski definition) is 2. The van der Waals surface area contributed by atoms with Crippen LogP contribution in [0.5, 0.6) is 0 Å². The zero-order valence-electron chi connectivity index (χ0n) is 18.3. The molecule has 6 nitrogen and oxygen atoms in total. The average Bonchev–Trinajstić information content (AvgIpc) is 2.90. The number of esters is 1. The van der Waals surface area contributed by atoms with Crippen LogP contribution >= 0.6 is 23.4 Å². The SMILES string of the molecule is CCOC(=O)CC1=CC(SCC(=O)NCc2ccc(Cl)cc2)=Nc2cc(C)c(C)cc2N1. The van der Waals surface area contributed by atoms with Crippen LogP contribution in [0.2, 0.25) is 5.02 Å². The van der Waals surface area contributed by atoms with Crippen LogP contribution in [0.15, 0.2) is 53.2 Å². The van der Waals surface area contributed by atoms with Crippen LogP contribution in [0.4, 0.5) is 11.4 Å². The molecule has 2 aromatic carbocycles. The van der Waals surface area contributed by atoms with Gasteiger partial charge in [0.15, 0.2) is 0 Å². The predicted octanol–water partition coefficient (Wildman–Crippen LogP) is 5.30. The van der Waals surface area contributed by atoms with Gasteiger partial charge in [0.2, 0.25) is 5.91 Å². The second kappa shape index (κ2) is 11.2. The molecule has 1 aliphatic heterocycles. The Morgan fingerprint density at radius 1 is 1.16 bits per heavy atom. The molecule has 0 saturated heterocycles. The fourth-order valence-corrected chi connectivity index (χ4v) is 3.93. The van der Waals surface area contributed by atoms with E-state index in [-0.39, 0.29) is 24.1 Å². The zero-order valence-corrected chi connectivity index (χ0v) is 19.9. The lowest BCUT2D eigenvalue weighted by molar-refractivity contribution is -0.142. The molecule has 1 aliphatic rings. The van der Waals surface area contributed by atoms with Gasteiger partial charge < -0.3 is 15.4 Å². The summed E-state index contributed by atoms with van der Waals surface area (Å²) in [4.78, 5) is 29.2. The number of fused-ring (bicyclic) bond motifs is 1. The number of carbonyl (C=O) groups is 2. The third-order valence-corrected chi connectivity index (χ3v) is 5.99. The van der Waals surface area contributed by atoms with E-state index >= 15 is 0 Å². The highest BCUT2D eigenvalue weighted by atomic mass is 35.5. The zero-order chi connectivity index (χ0) is 23.1. The molecule has 0 bridgehead atoms. The van der Waals surface area contributed by atoms with Crippen molar-refractivity contribution in [3.8, 4) is 0 Å². The van der Waals surface area contributed by atoms with Gasteiger partial charge in [-0.15, -0.1) is 0 Å². The quantitative estimate of drug-likeness (QED) is 0.535. The van der Waals surface area contributed by atoms with Gasteiger partial charge in [-0.25, -0.2) is 4.99 Å². The molecule has 1 heterocycles. The maximum atomic E-state index is 12.4. The van der Waals surface area contributed by atoms with Crippen LogP contribution in [0, 0.1) is 13.8 Å². The number of nitrogens with zero attached hydrogens (tertiary/aromatic N) is 1. The molecule has 0 unspecified atom stereocenters. The van der Waals surface area contributed by atoms with Crippen molar-refractivity contribution in [2.24, 2.45) is 4.99 Å². The van der Waals surface area contributed by atoms with Crippen LogP contribution in [-0.4, -0.2) is 29.3 Å². The molecule has 0 aromatic heterocycles. The number of aliphatic imine (C=N–C) groups is 1. The van der Waals surface area contributed by atoms with Crippen molar-refractivity contribution in [1.82, 2.24) is 5.32 Å². The van der Waals surface area contributed by atoms with Gasteiger partial charge >= 0.3 is 5.97 Å². The molecule has 0 spiro atoms. The summed E-state index contributed by atoms with van der Waals surface area (Å²) >= 11 is 7.22. The lowest BCUT2D eigenvalue weighted by atomic mass is 10.1. The highest BCUT2D eigenvalue weighted by molar-refractivity contribution is 8.14. The number of rotatable bonds is 7. The van der Waals surface area contributed by atoms with Gasteiger partial charge in [0.1, 0.15) is 0 Å². The summed E-state index contributed by atoms with van der Waals surface area (Å²) in [6.45, 7) is 6.58. The summed E-state index contributed by atoms with van der Waals surface area (Å²) in [6, 6.07) is 11.4. The van der Waals surface area contributed by atoms with Crippen molar-refractivity contribution in [3.63, 3.8) is 0 Å². The Hall–Kier alpha value is -2.77. The number of hydrogen-bond acceptors (Lipinski definition) is 6. The second-order valence-electron chi connectivity index (χ2n) is 7.37. The molecule has 32 heavy (non-hydrogen) atoms. The minimum Gasteiger partial charge on any atom is -0.466 e. The highest BCUT2D eigenvalue weighted by Crippen LogP contribution is 2.33. The molecule has 0 aliphatic carbocycles. The van der Waals surface area contributed by atoms with E-state index in [0.717, 1.165) is 28.1 Å². The molecule has 1 amide bonds. The highest BCUT2D eigenvalue weighted by Gasteiger charge is 2.16. The summed E-state index contributed by atoms with van der Waals surface area (Å²) in [5.74, 6) is -0.218. The predicted molar refractivity (Wildman–Crippen MR) is 132 cm³/mol. The number of nitrogens with one attached hydrogen (secondary N) is 2. The first-order valence-electron chi connectivity index (χ1n) is 10.3. The normalized spacial score (nSPS) is 12.6. The van der Waals surface area contributed by atoms with E-state index in [2.05, 4.69) is 10.6 Å². The monoisotopic (exact) mass is 471 g/mol. The molecular weight excluding hydrogens is 446 g/mol. The van der Waals surface area contributed by atoms with Crippen molar-refractivity contribution in [2.45, 2.75) is 33.7 Å². The number of benzene rings is 2. The summed E-state index contributed by atoms with van der Waals surface area (Å²) in [6.07, 6.45) is 1.90. The van der Waals surface area contributed by atoms with Gasteiger partial charge in [-0.2, -0.15) is 0 Å². The number of amides is 1. The number of carbonyl (C=O) groups excluding carboxylic acids is 2. The van der Waals surface area contributed by atoms with Crippen LogP contribution < -0.4 is 10.6 Å². The first-order chi connectivity index (χ1) is 15.3. The molecule has 3 rings (SSSR count). The van der Waals surface area contributed by atoms with E-state index in [9.17, 15) is 9.59 Å². The van der Waals surface area contributed by atoms with Gasteiger partial charge in [-0.05, 0) is 67.8 Å². The standard InChI is InChI=1S/C24H26ClN3O3S/c1-4-31-24(30)12-19-11-23(28-21-10-16(3)15(2)9-20(21)27-19)32-14-22(29)26-13-17-5-7-18(25)8-6-17/h5-11,27H,4,12-14H2,1-3H3,(H,26,29). The fourth-order valence-electron chi connectivity index (χ4n) is 3.03. The van der Waals surface area contributed by atoms with Gasteiger partial charge in [0.05, 0.1) is 35.2 Å². The van der Waals surface area contributed by atoms with Crippen LogP contribution in [-0.2, 0) is 20.9 Å². The third kappa shape index (κ3) is 6.87. The molecule has 2 aromatic rings. The number of ether oxygens (including phenoxy) is 1. The Bertz CT molecular complexity index is 1060. The van der Waals surface area contributed by atoms with E-state index in [1.807, 2.05) is 38.1 Å². The Labute approximate surface area is 197 Å². The fraction of sp³-hybridized carbons (Fsp3) is 0.292. The smallest absolute Gasteiger partial charge is 0.311 e. The number of aryl methyl sites for hydroxylation is 2. The number of thioether (sulfide) groups is 1. The summed E-state index contributed by atoms with van der Waals surface area (Å²) < 4.78 is 5.09. The van der Waals surface area contributed by atoms with E-state index < -0.39 is 0 Å². The van der Waals surface area contributed by atoms with Crippen LogP contribution in [0.1, 0.15) is 30.0 Å². The van der Waals surface area contributed by atoms with E-state index in [1.54, 1.807) is 25.1 Å². The van der Waals surface area contributed by atoms with E-state index in [4.69, 9.17) is 21.3 Å². The summed E-state index contributed by atoms with van der Waals surface area (Å²) in [7, 11) is 0. The molecule has 8 heteroatoms.